The Labute approximate surface area is 169 Å². The van der Waals surface area contributed by atoms with E-state index in [0.29, 0.717) is 27.5 Å². The average Bonchev–Trinajstić information content (AvgIpc) is 3.21. The molecule has 2 heterocycles. The van der Waals surface area contributed by atoms with Gasteiger partial charge in [0.15, 0.2) is 5.13 Å². The second-order valence-corrected chi connectivity index (χ2v) is 7.40. The van der Waals surface area contributed by atoms with Gasteiger partial charge in [-0.2, -0.15) is 0 Å². The lowest BCUT2D eigenvalue weighted by atomic mass is 10.1. The lowest BCUT2D eigenvalue weighted by molar-refractivity contribution is 0.102. The predicted molar refractivity (Wildman–Crippen MR) is 115 cm³/mol. The number of nitrogens with zero attached hydrogens (tertiary/aromatic N) is 1. The van der Waals surface area contributed by atoms with Crippen LogP contribution in [-0.4, -0.2) is 10.9 Å². The van der Waals surface area contributed by atoms with E-state index in [9.17, 15) is 9.59 Å². The van der Waals surface area contributed by atoms with Crippen molar-refractivity contribution in [3.8, 4) is 11.3 Å². The molecule has 0 aliphatic carbocycles. The molecule has 0 fully saturated rings. The largest absolute Gasteiger partial charge is 0.422 e. The molecule has 3 aromatic carbocycles. The van der Waals surface area contributed by atoms with E-state index >= 15 is 0 Å². The lowest BCUT2D eigenvalue weighted by Crippen LogP contribution is -2.11. The number of nitrogens with one attached hydrogen (secondary N) is 1. The molecule has 1 amide bonds. The minimum atomic E-state index is -0.457. The van der Waals surface area contributed by atoms with Crippen LogP contribution in [0.4, 0.5) is 5.13 Å². The van der Waals surface area contributed by atoms with Gasteiger partial charge < -0.3 is 4.42 Å². The number of anilines is 1. The summed E-state index contributed by atoms with van der Waals surface area (Å²) in [5.41, 5.74) is 1.46. The summed E-state index contributed by atoms with van der Waals surface area (Å²) in [5, 5.41) is 7.84. The number of para-hydroxylation sites is 1. The van der Waals surface area contributed by atoms with Crippen molar-refractivity contribution in [1.82, 2.24) is 4.98 Å². The third kappa shape index (κ3) is 3.30. The average molecular weight is 398 g/mol. The fourth-order valence-corrected chi connectivity index (χ4v) is 3.90. The maximum Gasteiger partial charge on any atom is 0.345 e. The van der Waals surface area contributed by atoms with Crippen molar-refractivity contribution in [2.75, 3.05) is 5.32 Å². The van der Waals surface area contributed by atoms with Crippen molar-refractivity contribution < 1.29 is 9.21 Å². The van der Waals surface area contributed by atoms with Crippen LogP contribution < -0.4 is 10.9 Å². The van der Waals surface area contributed by atoms with Crippen LogP contribution in [0.25, 0.3) is 33.0 Å². The highest BCUT2D eigenvalue weighted by molar-refractivity contribution is 7.14. The van der Waals surface area contributed by atoms with E-state index in [1.54, 1.807) is 23.6 Å². The molecule has 0 aliphatic heterocycles. The highest BCUT2D eigenvalue weighted by atomic mass is 32.1. The van der Waals surface area contributed by atoms with Gasteiger partial charge in [0.25, 0.3) is 5.91 Å². The molecular formula is C23H14N2O3S. The van der Waals surface area contributed by atoms with Gasteiger partial charge >= 0.3 is 5.63 Å². The summed E-state index contributed by atoms with van der Waals surface area (Å²) in [6.07, 6.45) is 0. The van der Waals surface area contributed by atoms with Gasteiger partial charge in [0.05, 0.1) is 11.3 Å². The van der Waals surface area contributed by atoms with Crippen molar-refractivity contribution in [3.63, 3.8) is 0 Å². The van der Waals surface area contributed by atoms with E-state index in [2.05, 4.69) is 10.3 Å². The molecule has 0 spiro atoms. The number of aromatic nitrogens is 1. The zero-order valence-corrected chi connectivity index (χ0v) is 15.9. The second kappa shape index (κ2) is 7.00. The molecule has 0 saturated carbocycles. The highest BCUT2D eigenvalue weighted by Crippen LogP contribution is 2.26. The minimum Gasteiger partial charge on any atom is -0.422 e. The number of amides is 1. The monoisotopic (exact) mass is 398 g/mol. The Morgan fingerprint density at radius 1 is 0.897 bits per heavy atom. The zero-order valence-electron chi connectivity index (χ0n) is 15.1. The Hall–Kier alpha value is -3.77. The summed E-state index contributed by atoms with van der Waals surface area (Å²) < 4.78 is 5.37. The van der Waals surface area contributed by atoms with Crippen molar-refractivity contribution in [2.45, 2.75) is 0 Å². The van der Waals surface area contributed by atoms with Crippen LogP contribution in [-0.2, 0) is 0 Å². The number of fused-ring (bicyclic) bond motifs is 2. The Morgan fingerprint density at radius 2 is 1.66 bits per heavy atom. The number of hydrogen-bond acceptors (Lipinski definition) is 5. The second-order valence-electron chi connectivity index (χ2n) is 6.54. The van der Waals surface area contributed by atoms with E-state index in [4.69, 9.17) is 4.42 Å². The number of carbonyl (C=O) groups excluding carboxylic acids is 1. The maximum atomic E-state index is 12.6. The first-order valence-corrected chi connectivity index (χ1v) is 9.84. The normalized spacial score (nSPS) is 11.0. The minimum absolute atomic E-state index is 0.248. The molecular weight excluding hydrogens is 384 g/mol. The van der Waals surface area contributed by atoms with Gasteiger partial charge in [0.1, 0.15) is 5.58 Å². The molecule has 0 radical (unpaired) electrons. The molecule has 5 aromatic rings. The smallest absolute Gasteiger partial charge is 0.345 e. The van der Waals surface area contributed by atoms with Gasteiger partial charge in [-0.15, -0.1) is 11.3 Å². The quantitative estimate of drug-likeness (QED) is 0.417. The molecule has 0 unspecified atom stereocenters. The first kappa shape index (κ1) is 17.3. The van der Waals surface area contributed by atoms with Crippen LogP contribution in [0.1, 0.15) is 10.4 Å². The first-order valence-electron chi connectivity index (χ1n) is 8.96. The zero-order chi connectivity index (χ0) is 19.8. The van der Waals surface area contributed by atoms with Gasteiger partial charge in [0.2, 0.25) is 0 Å². The lowest BCUT2D eigenvalue weighted by Gasteiger charge is -2.04. The number of carbonyl (C=O) groups is 1. The Bertz CT molecular complexity index is 1440. The molecule has 2 aromatic heterocycles. The fourth-order valence-electron chi connectivity index (χ4n) is 3.20. The van der Waals surface area contributed by atoms with Crippen molar-refractivity contribution in [3.05, 3.63) is 94.2 Å². The summed E-state index contributed by atoms with van der Waals surface area (Å²) in [6, 6.07) is 22.5. The van der Waals surface area contributed by atoms with Crippen LogP contribution >= 0.6 is 11.3 Å². The van der Waals surface area contributed by atoms with E-state index < -0.39 is 5.63 Å². The number of rotatable bonds is 3. The van der Waals surface area contributed by atoms with Gasteiger partial charge in [-0.05, 0) is 35.0 Å². The standard InChI is InChI=1S/C23H14N2O3S/c26-21(17-10-9-14-5-1-2-6-15(14)11-17)25-23-24-19(13-29-23)18-12-16-7-3-4-8-20(16)28-22(18)27/h1-13H,(H,24,25,26). The van der Waals surface area contributed by atoms with Crippen LogP contribution in [0.2, 0.25) is 0 Å². The molecule has 5 rings (SSSR count). The van der Waals surface area contributed by atoms with Crippen LogP contribution in [0.15, 0.2) is 87.4 Å². The summed E-state index contributed by atoms with van der Waals surface area (Å²) >= 11 is 1.26. The summed E-state index contributed by atoms with van der Waals surface area (Å²) in [4.78, 5) is 29.3. The van der Waals surface area contributed by atoms with Crippen molar-refractivity contribution >= 4 is 44.1 Å². The van der Waals surface area contributed by atoms with E-state index in [1.807, 2.05) is 54.6 Å². The molecule has 140 valence electrons. The molecule has 6 heteroatoms. The highest BCUT2D eigenvalue weighted by Gasteiger charge is 2.14. The predicted octanol–water partition coefficient (Wildman–Crippen LogP) is 5.32. The van der Waals surface area contributed by atoms with Gasteiger partial charge in [-0.3, -0.25) is 10.1 Å². The Kier molecular flexibility index (Phi) is 4.18. The molecule has 0 atom stereocenters. The van der Waals surface area contributed by atoms with Gasteiger partial charge in [-0.1, -0.05) is 48.5 Å². The van der Waals surface area contributed by atoms with Crippen LogP contribution in [0.5, 0.6) is 0 Å². The summed E-state index contributed by atoms with van der Waals surface area (Å²) in [5.74, 6) is -0.248. The van der Waals surface area contributed by atoms with E-state index in [1.165, 1.54) is 11.3 Å². The third-order valence-corrected chi connectivity index (χ3v) is 5.41. The van der Waals surface area contributed by atoms with Crippen molar-refractivity contribution in [1.29, 1.82) is 0 Å². The molecule has 0 bridgehead atoms. The molecule has 29 heavy (non-hydrogen) atoms. The topological polar surface area (TPSA) is 72.2 Å². The molecule has 1 N–H and O–H groups in total. The molecule has 0 aliphatic rings. The Morgan fingerprint density at radius 3 is 2.52 bits per heavy atom. The number of hydrogen-bond donors (Lipinski definition) is 1. The van der Waals surface area contributed by atoms with E-state index in [-0.39, 0.29) is 5.91 Å². The summed E-state index contributed by atoms with van der Waals surface area (Å²) in [6.45, 7) is 0. The van der Waals surface area contributed by atoms with Crippen LogP contribution in [0, 0.1) is 0 Å². The fraction of sp³-hybridized carbons (Fsp3) is 0. The van der Waals surface area contributed by atoms with Crippen molar-refractivity contribution in [2.24, 2.45) is 0 Å². The summed E-state index contributed by atoms with van der Waals surface area (Å²) in [7, 11) is 0. The molecule has 0 saturated heterocycles. The molecule has 5 nitrogen and oxygen atoms in total. The first-order chi connectivity index (χ1) is 14.2. The number of benzene rings is 3. The van der Waals surface area contributed by atoms with Gasteiger partial charge in [-0.25, -0.2) is 9.78 Å². The third-order valence-electron chi connectivity index (χ3n) is 4.65. The van der Waals surface area contributed by atoms with Crippen LogP contribution in [0.3, 0.4) is 0 Å². The SMILES string of the molecule is O=C(Nc1nc(-c2cc3ccccc3oc2=O)cs1)c1ccc2ccccc2c1. The van der Waals surface area contributed by atoms with E-state index in [0.717, 1.165) is 16.2 Å². The Balaban J connectivity index is 1.43. The van der Waals surface area contributed by atoms with Gasteiger partial charge in [0, 0.05) is 16.3 Å². The maximum absolute atomic E-state index is 12.6. The number of thiazole rings is 1.